The summed E-state index contributed by atoms with van der Waals surface area (Å²) in [6.07, 6.45) is 0. The predicted molar refractivity (Wildman–Crippen MR) is 70.8 cm³/mol. The van der Waals surface area contributed by atoms with Gasteiger partial charge in [0.05, 0.1) is 17.8 Å². The average molecular weight is 267 g/mol. The zero-order valence-corrected chi connectivity index (χ0v) is 11.3. The van der Waals surface area contributed by atoms with E-state index in [0.717, 1.165) is 11.1 Å². The van der Waals surface area contributed by atoms with E-state index in [2.05, 4.69) is 9.97 Å². The first-order valence-electron chi connectivity index (χ1n) is 5.63. The highest BCUT2D eigenvalue weighted by Crippen LogP contribution is 2.32. The van der Waals surface area contributed by atoms with Crippen molar-refractivity contribution in [2.24, 2.45) is 0 Å². The van der Waals surface area contributed by atoms with Crippen molar-refractivity contribution in [3.05, 3.63) is 28.7 Å². The van der Waals surface area contributed by atoms with Crippen LogP contribution in [0.2, 0.25) is 5.28 Å². The molecule has 0 unspecified atom stereocenters. The second-order valence-electron chi connectivity index (χ2n) is 5.25. The first-order valence-corrected chi connectivity index (χ1v) is 6.01. The molecule has 2 rings (SSSR count). The fourth-order valence-corrected chi connectivity index (χ4v) is 2.06. The molecule has 96 valence electrons. The number of hydrogen-bond donors (Lipinski definition) is 2. The number of aromatic hydroxyl groups is 1. The number of rotatable bonds is 1. The van der Waals surface area contributed by atoms with Crippen LogP contribution in [0.25, 0.3) is 10.9 Å². The van der Waals surface area contributed by atoms with Gasteiger partial charge in [0, 0.05) is 22.4 Å². The maximum absolute atomic E-state index is 9.73. The lowest BCUT2D eigenvalue weighted by Crippen LogP contribution is -2.15. The molecule has 5 heteroatoms. The van der Waals surface area contributed by atoms with Crippen LogP contribution in [-0.2, 0) is 12.0 Å². The molecule has 1 aromatic carbocycles. The van der Waals surface area contributed by atoms with Gasteiger partial charge in [0.25, 0.3) is 0 Å². The lowest BCUT2D eigenvalue weighted by molar-refractivity contribution is 0.276. The highest BCUT2D eigenvalue weighted by atomic mass is 35.5. The van der Waals surface area contributed by atoms with Crippen molar-refractivity contribution in [1.29, 1.82) is 0 Å². The highest BCUT2D eigenvalue weighted by molar-refractivity contribution is 6.28. The van der Waals surface area contributed by atoms with Crippen LogP contribution in [0.3, 0.4) is 0 Å². The molecule has 0 aliphatic heterocycles. The van der Waals surface area contributed by atoms with E-state index in [0.29, 0.717) is 11.1 Å². The van der Waals surface area contributed by atoms with Crippen LogP contribution >= 0.6 is 11.6 Å². The Morgan fingerprint density at radius 3 is 2.44 bits per heavy atom. The lowest BCUT2D eigenvalue weighted by atomic mass is 9.88. The van der Waals surface area contributed by atoms with Crippen LogP contribution in [0.5, 0.6) is 5.75 Å². The molecule has 0 spiro atoms. The van der Waals surface area contributed by atoms with Gasteiger partial charge < -0.3 is 10.2 Å². The van der Waals surface area contributed by atoms with Gasteiger partial charge in [-0.1, -0.05) is 20.8 Å². The second kappa shape index (κ2) is 4.37. The van der Waals surface area contributed by atoms with E-state index in [4.69, 9.17) is 11.6 Å². The summed E-state index contributed by atoms with van der Waals surface area (Å²) in [5, 5.41) is 19.9. The smallest absolute Gasteiger partial charge is 0.223 e. The minimum absolute atomic E-state index is 0.0135. The van der Waals surface area contributed by atoms with Crippen LogP contribution in [0, 0.1) is 0 Å². The molecule has 0 atom stereocenters. The molecule has 0 fully saturated rings. The Balaban J connectivity index is 2.85. The van der Waals surface area contributed by atoms with Crippen molar-refractivity contribution in [2.45, 2.75) is 32.8 Å². The van der Waals surface area contributed by atoms with E-state index in [9.17, 15) is 10.2 Å². The number of aliphatic hydroxyl groups is 1. The van der Waals surface area contributed by atoms with E-state index in [1.54, 1.807) is 6.07 Å². The van der Waals surface area contributed by atoms with E-state index < -0.39 is 0 Å². The van der Waals surface area contributed by atoms with Gasteiger partial charge in [-0.2, -0.15) is 0 Å². The molecule has 2 N–H and O–H groups in total. The SMILES string of the molecule is CC(C)(C)c1nc(Cl)nc2cc(O)c(CO)cc12. The maximum Gasteiger partial charge on any atom is 0.223 e. The standard InChI is InChI=1S/C13H15ClN2O2/c1-13(2,3)11-8-4-7(6-17)10(18)5-9(8)15-12(14)16-11/h4-5,17-18H,6H2,1-3H3. The van der Waals surface area contributed by atoms with E-state index in [1.807, 2.05) is 20.8 Å². The normalized spacial score (nSPS) is 12.1. The summed E-state index contributed by atoms with van der Waals surface area (Å²) >= 11 is 5.90. The molecule has 4 nitrogen and oxygen atoms in total. The monoisotopic (exact) mass is 266 g/mol. The molecule has 2 aromatic rings. The molecule has 0 saturated heterocycles. The third kappa shape index (κ3) is 2.26. The number of aromatic nitrogens is 2. The quantitative estimate of drug-likeness (QED) is 0.779. The molecule has 0 bridgehead atoms. The van der Waals surface area contributed by atoms with Gasteiger partial charge >= 0.3 is 0 Å². The van der Waals surface area contributed by atoms with Gasteiger partial charge in [-0.05, 0) is 17.7 Å². The predicted octanol–water partition coefficient (Wildman–Crippen LogP) is 2.78. The van der Waals surface area contributed by atoms with Crippen molar-refractivity contribution in [1.82, 2.24) is 9.97 Å². The van der Waals surface area contributed by atoms with Crippen molar-refractivity contribution < 1.29 is 10.2 Å². The number of aliphatic hydroxyl groups excluding tert-OH is 1. The molecular formula is C13H15ClN2O2. The van der Waals surface area contributed by atoms with Crippen LogP contribution in [-0.4, -0.2) is 20.2 Å². The number of fused-ring (bicyclic) bond motifs is 1. The highest BCUT2D eigenvalue weighted by Gasteiger charge is 2.21. The zero-order valence-electron chi connectivity index (χ0n) is 10.5. The first kappa shape index (κ1) is 13.1. The third-order valence-electron chi connectivity index (χ3n) is 2.75. The third-order valence-corrected chi connectivity index (χ3v) is 2.92. The first-order chi connectivity index (χ1) is 8.32. The van der Waals surface area contributed by atoms with Crippen LogP contribution in [0.4, 0.5) is 0 Å². The average Bonchev–Trinajstić information content (AvgIpc) is 2.25. The van der Waals surface area contributed by atoms with Gasteiger partial charge in [0.2, 0.25) is 5.28 Å². The topological polar surface area (TPSA) is 66.2 Å². The van der Waals surface area contributed by atoms with Gasteiger partial charge in [-0.3, -0.25) is 0 Å². The molecule has 0 amide bonds. The van der Waals surface area contributed by atoms with Crippen molar-refractivity contribution >= 4 is 22.5 Å². The minimum atomic E-state index is -0.228. The molecule has 0 saturated carbocycles. The molecular weight excluding hydrogens is 252 g/mol. The summed E-state index contributed by atoms with van der Waals surface area (Å²) in [5.74, 6) is 0.0135. The Hall–Kier alpha value is -1.39. The molecule has 0 aliphatic carbocycles. The number of halogens is 1. The molecule has 0 radical (unpaired) electrons. The largest absolute Gasteiger partial charge is 0.508 e. The van der Waals surface area contributed by atoms with Crippen molar-refractivity contribution in [3.8, 4) is 5.75 Å². The van der Waals surface area contributed by atoms with Gasteiger partial charge in [0.15, 0.2) is 0 Å². The zero-order chi connectivity index (χ0) is 13.5. The van der Waals surface area contributed by atoms with E-state index >= 15 is 0 Å². The lowest BCUT2D eigenvalue weighted by Gasteiger charge is -2.20. The molecule has 0 aliphatic rings. The van der Waals surface area contributed by atoms with Gasteiger partial charge in [0.1, 0.15) is 5.75 Å². The fourth-order valence-electron chi connectivity index (χ4n) is 1.88. The Kier molecular flexibility index (Phi) is 3.17. The van der Waals surface area contributed by atoms with Gasteiger partial charge in [-0.15, -0.1) is 0 Å². The van der Waals surface area contributed by atoms with Crippen molar-refractivity contribution in [3.63, 3.8) is 0 Å². The van der Waals surface area contributed by atoms with Crippen LogP contribution < -0.4 is 0 Å². The number of hydrogen-bond acceptors (Lipinski definition) is 4. The van der Waals surface area contributed by atoms with Gasteiger partial charge in [-0.25, -0.2) is 9.97 Å². The Morgan fingerprint density at radius 1 is 1.22 bits per heavy atom. The van der Waals surface area contributed by atoms with E-state index in [-0.39, 0.29) is 23.1 Å². The minimum Gasteiger partial charge on any atom is -0.508 e. The van der Waals surface area contributed by atoms with Crippen molar-refractivity contribution in [2.75, 3.05) is 0 Å². The fraction of sp³-hybridized carbons (Fsp3) is 0.385. The summed E-state index contributed by atoms with van der Waals surface area (Å²) in [6.45, 7) is 5.84. The van der Waals surface area contributed by atoms with Crippen LogP contribution in [0.15, 0.2) is 12.1 Å². The Morgan fingerprint density at radius 2 is 1.89 bits per heavy atom. The summed E-state index contributed by atoms with van der Waals surface area (Å²) in [7, 11) is 0. The van der Waals surface area contributed by atoms with Crippen LogP contribution in [0.1, 0.15) is 32.0 Å². The molecule has 1 heterocycles. The number of nitrogens with zero attached hydrogens (tertiary/aromatic N) is 2. The summed E-state index contributed by atoms with van der Waals surface area (Å²) in [4.78, 5) is 8.37. The maximum atomic E-state index is 9.73. The number of phenols is 1. The van der Waals surface area contributed by atoms with E-state index in [1.165, 1.54) is 6.07 Å². The second-order valence-corrected chi connectivity index (χ2v) is 5.59. The molecule has 18 heavy (non-hydrogen) atoms. The number of benzene rings is 1. The molecule has 1 aromatic heterocycles. The summed E-state index contributed by atoms with van der Waals surface area (Å²) in [5.41, 5.74) is 1.63. The summed E-state index contributed by atoms with van der Waals surface area (Å²) < 4.78 is 0. The Labute approximate surface area is 110 Å². The Bertz CT molecular complexity index is 606. The summed E-state index contributed by atoms with van der Waals surface area (Å²) in [6, 6.07) is 3.21.